The summed E-state index contributed by atoms with van der Waals surface area (Å²) in [6, 6.07) is 5.29. The van der Waals surface area contributed by atoms with Gasteiger partial charge in [0.1, 0.15) is 5.01 Å². The molecule has 0 amide bonds. The van der Waals surface area contributed by atoms with Crippen molar-refractivity contribution in [1.29, 1.82) is 0 Å². The summed E-state index contributed by atoms with van der Waals surface area (Å²) in [7, 11) is 1.57. The molecule has 0 unspecified atom stereocenters. The van der Waals surface area contributed by atoms with Crippen LogP contribution in [0.4, 0.5) is 13.2 Å². The van der Waals surface area contributed by atoms with Gasteiger partial charge in [-0.05, 0) is 24.1 Å². The van der Waals surface area contributed by atoms with E-state index < -0.39 is 11.9 Å². The molecule has 0 aliphatic carbocycles. The number of aliphatic imine (C=N–C) groups is 1. The molecule has 2 N–H and O–H groups in total. The molecule has 4 nitrogen and oxygen atoms in total. The van der Waals surface area contributed by atoms with Gasteiger partial charge in [-0.1, -0.05) is 29.3 Å². The predicted octanol–water partition coefficient (Wildman–Crippen LogP) is 4.38. The van der Waals surface area contributed by atoms with E-state index in [0.29, 0.717) is 34.0 Å². The molecule has 2 aromatic rings. The van der Waals surface area contributed by atoms with Gasteiger partial charge < -0.3 is 10.6 Å². The minimum Gasteiger partial charge on any atom is -0.356 e. The van der Waals surface area contributed by atoms with E-state index in [0.717, 1.165) is 22.3 Å². The maximum atomic E-state index is 12.5. The molecule has 25 heavy (non-hydrogen) atoms. The van der Waals surface area contributed by atoms with Crippen LogP contribution in [-0.2, 0) is 19.1 Å². The highest BCUT2D eigenvalue weighted by Gasteiger charge is 2.33. The fourth-order valence-corrected chi connectivity index (χ4v) is 3.31. The fraction of sp³-hybridized carbons (Fsp3) is 0.333. The lowest BCUT2D eigenvalue weighted by atomic mass is 10.1. The zero-order valence-electron chi connectivity index (χ0n) is 13.1. The third kappa shape index (κ3) is 5.76. The summed E-state index contributed by atoms with van der Waals surface area (Å²) in [5, 5.41) is 8.46. The van der Waals surface area contributed by atoms with Crippen molar-refractivity contribution in [3.05, 3.63) is 49.9 Å². The second kappa shape index (κ2) is 8.73. The molecule has 2 rings (SSSR count). The van der Waals surface area contributed by atoms with Crippen molar-refractivity contribution < 1.29 is 13.2 Å². The molecule has 1 aromatic carbocycles. The van der Waals surface area contributed by atoms with E-state index in [-0.39, 0.29) is 6.54 Å². The first kappa shape index (κ1) is 19.8. The van der Waals surface area contributed by atoms with Gasteiger partial charge in [-0.15, -0.1) is 11.3 Å². The van der Waals surface area contributed by atoms with E-state index in [1.807, 2.05) is 0 Å². The van der Waals surface area contributed by atoms with Crippen LogP contribution in [0.15, 0.2) is 28.6 Å². The van der Waals surface area contributed by atoms with Crippen LogP contribution >= 0.6 is 34.5 Å². The lowest BCUT2D eigenvalue weighted by Crippen LogP contribution is -2.37. The van der Waals surface area contributed by atoms with Crippen LogP contribution in [0.25, 0.3) is 0 Å². The van der Waals surface area contributed by atoms with Gasteiger partial charge in [-0.2, -0.15) is 13.2 Å². The topological polar surface area (TPSA) is 49.3 Å². The summed E-state index contributed by atoms with van der Waals surface area (Å²) < 4.78 is 37.6. The Kier molecular flexibility index (Phi) is 6.92. The smallest absolute Gasteiger partial charge is 0.356 e. The van der Waals surface area contributed by atoms with Crippen LogP contribution in [0.5, 0.6) is 0 Å². The highest BCUT2D eigenvalue weighted by atomic mass is 35.5. The highest BCUT2D eigenvalue weighted by Crippen LogP contribution is 2.30. The first-order valence-electron chi connectivity index (χ1n) is 7.20. The molecule has 0 aliphatic rings. The van der Waals surface area contributed by atoms with E-state index in [1.54, 1.807) is 25.2 Å². The molecule has 0 saturated carbocycles. The van der Waals surface area contributed by atoms with Crippen molar-refractivity contribution >= 4 is 40.5 Å². The second-order valence-electron chi connectivity index (χ2n) is 4.93. The van der Waals surface area contributed by atoms with Gasteiger partial charge in [0.2, 0.25) is 0 Å². The highest BCUT2D eigenvalue weighted by molar-refractivity contribution is 7.09. The summed E-state index contributed by atoms with van der Waals surface area (Å²) in [5.41, 5.74) is -0.0610. The summed E-state index contributed by atoms with van der Waals surface area (Å²) in [6.45, 7) is 0.655. The van der Waals surface area contributed by atoms with Crippen LogP contribution < -0.4 is 10.6 Å². The minimum absolute atomic E-state index is 0.146. The summed E-state index contributed by atoms with van der Waals surface area (Å²) in [5.74, 6) is 0.451. The van der Waals surface area contributed by atoms with Crippen LogP contribution in [0, 0.1) is 0 Å². The molecular formula is C15H15Cl2F3N4S. The number of hydrogen-bond acceptors (Lipinski definition) is 3. The zero-order chi connectivity index (χ0) is 18.4. The van der Waals surface area contributed by atoms with Crippen molar-refractivity contribution in [2.75, 3.05) is 13.6 Å². The van der Waals surface area contributed by atoms with Crippen LogP contribution in [-0.4, -0.2) is 24.5 Å². The van der Waals surface area contributed by atoms with E-state index >= 15 is 0 Å². The molecule has 0 fully saturated rings. The Hall–Kier alpha value is -1.51. The van der Waals surface area contributed by atoms with Gasteiger partial charge in [0.15, 0.2) is 11.7 Å². The standard InChI is InChI=1S/C15H15Cl2F3N4S/c1-21-14(22-6-5-9-10(16)3-2-4-11(9)17)23-7-13-24-12(8-25-13)15(18,19)20/h2-4,8H,5-7H2,1H3,(H2,21,22,23). The molecule has 0 radical (unpaired) electrons. The van der Waals surface area contributed by atoms with Gasteiger partial charge in [0.25, 0.3) is 0 Å². The monoisotopic (exact) mass is 410 g/mol. The average molecular weight is 411 g/mol. The summed E-state index contributed by atoms with van der Waals surface area (Å²) >= 11 is 13.1. The first-order chi connectivity index (χ1) is 11.8. The number of benzene rings is 1. The number of alkyl halides is 3. The zero-order valence-corrected chi connectivity index (χ0v) is 15.5. The maximum Gasteiger partial charge on any atom is 0.434 e. The van der Waals surface area contributed by atoms with Gasteiger partial charge in [-0.3, -0.25) is 4.99 Å². The molecule has 0 spiro atoms. The van der Waals surface area contributed by atoms with Gasteiger partial charge in [-0.25, -0.2) is 4.98 Å². The molecule has 0 aliphatic heterocycles. The Labute approximate surface area is 157 Å². The van der Waals surface area contributed by atoms with Crippen molar-refractivity contribution in [1.82, 2.24) is 15.6 Å². The summed E-state index contributed by atoms with van der Waals surface area (Å²) in [6.07, 6.45) is -3.85. The number of thiazole rings is 1. The third-order valence-corrected chi connectivity index (χ3v) is 4.76. The fourth-order valence-electron chi connectivity index (χ4n) is 1.98. The van der Waals surface area contributed by atoms with Crippen LogP contribution in [0.1, 0.15) is 16.3 Å². The minimum atomic E-state index is -4.43. The lowest BCUT2D eigenvalue weighted by Gasteiger charge is -2.12. The maximum absolute atomic E-state index is 12.5. The van der Waals surface area contributed by atoms with E-state index in [2.05, 4.69) is 20.6 Å². The van der Waals surface area contributed by atoms with E-state index in [9.17, 15) is 13.2 Å². The van der Waals surface area contributed by atoms with Crippen molar-refractivity contribution in [3.8, 4) is 0 Å². The molecule has 136 valence electrons. The van der Waals surface area contributed by atoms with E-state index in [1.165, 1.54) is 0 Å². The third-order valence-electron chi connectivity index (χ3n) is 3.20. The number of nitrogens with one attached hydrogen (secondary N) is 2. The molecular weight excluding hydrogens is 396 g/mol. The Morgan fingerprint density at radius 1 is 1.24 bits per heavy atom. The number of aromatic nitrogens is 1. The van der Waals surface area contributed by atoms with Crippen LogP contribution in [0.3, 0.4) is 0 Å². The molecule has 0 atom stereocenters. The van der Waals surface area contributed by atoms with Crippen LogP contribution in [0.2, 0.25) is 10.0 Å². The Morgan fingerprint density at radius 2 is 1.92 bits per heavy atom. The quantitative estimate of drug-likeness (QED) is 0.567. The van der Waals surface area contributed by atoms with Gasteiger partial charge >= 0.3 is 6.18 Å². The normalized spacial score (nSPS) is 12.3. The Bertz CT molecular complexity index is 726. The average Bonchev–Trinajstić information content (AvgIpc) is 3.02. The summed E-state index contributed by atoms with van der Waals surface area (Å²) in [4.78, 5) is 7.57. The molecule has 0 saturated heterocycles. The van der Waals surface area contributed by atoms with Crippen molar-refractivity contribution in [2.45, 2.75) is 19.1 Å². The predicted molar refractivity (Wildman–Crippen MR) is 95.5 cm³/mol. The number of rotatable bonds is 5. The SMILES string of the molecule is CN=C(NCCc1c(Cl)cccc1Cl)NCc1nc(C(F)(F)F)cs1. The van der Waals surface area contributed by atoms with Crippen molar-refractivity contribution in [3.63, 3.8) is 0 Å². The Morgan fingerprint density at radius 3 is 2.48 bits per heavy atom. The molecule has 1 aromatic heterocycles. The molecule has 10 heteroatoms. The second-order valence-corrected chi connectivity index (χ2v) is 6.68. The van der Waals surface area contributed by atoms with Crippen molar-refractivity contribution in [2.24, 2.45) is 4.99 Å². The number of halogens is 5. The number of guanidine groups is 1. The van der Waals surface area contributed by atoms with Gasteiger partial charge in [0.05, 0.1) is 6.54 Å². The largest absolute Gasteiger partial charge is 0.434 e. The number of nitrogens with zero attached hydrogens (tertiary/aromatic N) is 2. The number of hydrogen-bond donors (Lipinski definition) is 2. The van der Waals surface area contributed by atoms with Gasteiger partial charge in [0, 0.05) is 29.0 Å². The van der Waals surface area contributed by atoms with E-state index in [4.69, 9.17) is 23.2 Å². The molecule has 0 bridgehead atoms. The Balaban J connectivity index is 1.84. The lowest BCUT2D eigenvalue weighted by molar-refractivity contribution is -0.140. The first-order valence-corrected chi connectivity index (χ1v) is 8.84. The molecule has 1 heterocycles.